The molecule has 1 aromatic carbocycles. The van der Waals surface area contributed by atoms with E-state index in [1.165, 1.54) is 0 Å². The fraction of sp³-hybridized carbons (Fsp3) is 0.500. The summed E-state index contributed by atoms with van der Waals surface area (Å²) in [6, 6.07) is 5.60. The molecule has 0 saturated carbocycles. The molecule has 1 aliphatic rings. The lowest BCUT2D eigenvalue weighted by Crippen LogP contribution is -2.43. The molecule has 0 aliphatic carbocycles. The highest BCUT2D eigenvalue weighted by molar-refractivity contribution is 6.31. The lowest BCUT2D eigenvalue weighted by Gasteiger charge is -2.18. The average Bonchev–Trinajstić information content (AvgIpc) is 2.86. The van der Waals surface area contributed by atoms with Gasteiger partial charge in [-0.25, -0.2) is 0 Å². The molecule has 1 aliphatic heterocycles. The smallest absolute Gasteiger partial charge is 0.261 e. The van der Waals surface area contributed by atoms with E-state index in [1.54, 1.807) is 19.1 Å². The van der Waals surface area contributed by atoms with Crippen molar-refractivity contribution in [3.63, 3.8) is 0 Å². The molecule has 0 aromatic heterocycles. The van der Waals surface area contributed by atoms with Crippen LogP contribution in [0.15, 0.2) is 18.2 Å². The number of aryl methyl sites for hydroxylation is 1. The van der Waals surface area contributed by atoms with Gasteiger partial charge in [-0.3, -0.25) is 4.79 Å². The molecule has 5 heteroatoms. The van der Waals surface area contributed by atoms with Gasteiger partial charge in [-0.05, 0) is 50.6 Å². The Hall–Kier alpha value is -1.26. The van der Waals surface area contributed by atoms with E-state index in [0.29, 0.717) is 10.8 Å². The summed E-state index contributed by atoms with van der Waals surface area (Å²) in [5, 5.41) is 6.88. The Labute approximate surface area is 118 Å². The number of halogens is 1. The summed E-state index contributed by atoms with van der Waals surface area (Å²) in [4.78, 5) is 12.0. The molecule has 4 nitrogen and oxygen atoms in total. The van der Waals surface area contributed by atoms with Crippen molar-refractivity contribution in [2.24, 2.45) is 0 Å². The first-order valence-electron chi connectivity index (χ1n) is 6.50. The number of carbonyl (C=O) groups excluding carboxylic acids is 1. The average molecular weight is 283 g/mol. The second-order valence-electron chi connectivity index (χ2n) is 4.87. The molecule has 2 atom stereocenters. The van der Waals surface area contributed by atoms with Gasteiger partial charge in [-0.2, -0.15) is 0 Å². The van der Waals surface area contributed by atoms with Crippen molar-refractivity contribution in [2.45, 2.75) is 32.4 Å². The summed E-state index contributed by atoms with van der Waals surface area (Å²) in [6.45, 7) is 5.45. The Kier molecular flexibility index (Phi) is 4.66. The predicted octanol–water partition coefficient (Wildman–Crippen LogP) is 1.89. The third kappa shape index (κ3) is 3.85. The van der Waals surface area contributed by atoms with Crippen LogP contribution in [0.5, 0.6) is 5.75 Å². The molecule has 2 N–H and O–H groups in total. The van der Waals surface area contributed by atoms with Gasteiger partial charge in [-0.15, -0.1) is 0 Å². The van der Waals surface area contributed by atoms with E-state index in [1.807, 2.05) is 13.0 Å². The Morgan fingerprint density at radius 1 is 1.58 bits per heavy atom. The van der Waals surface area contributed by atoms with Crippen LogP contribution in [-0.2, 0) is 4.79 Å². The Morgan fingerprint density at radius 2 is 2.37 bits per heavy atom. The molecule has 0 bridgehead atoms. The van der Waals surface area contributed by atoms with Gasteiger partial charge < -0.3 is 15.4 Å². The minimum Gasteiger partial charge on any atom is -0.481 e. The molecule has 2 unspecified atom stereocenters. The van der Waals surface area contributed by atoms with E-state index < -0.39 is 6.10 Å². The van der Waals surface area contributed by atoms with E-state index in [4.69, 9.17) is 16.3 Å². The van der Waals surface area contributed by atoms with Crippen LogP contribution in [0.2, 0.25) is 5.02 Å². The second kappa shape index (κ2) is 6.26. The molecule has 1 saturated heterocycles. The number of ether oxygens (including phenoxy) is 1. The molecule has 2 rings (SSSR count). The zero-order valence-corrected chi connectivity index (χ0v) is 12.0. The minimum atomic E-state index is -0.513. The quantitative estimate of drug-likeness (QED) is 0.887. The summed E-state index contributed by atoms with van der Waals surface area (Å²) in [5.74, 6) is 0.579. The normalized spacial score (nSPS) is 20.1. The summed E-state index contributed by atoms with van der Waals surface area (Å²) in [7, 11) is 0. The topological polar surface area (TPSA) is 50.4 Å². The second-order valence-corrected chi connectivity index (χ2v) is 5.28. The van der Waals surface area contributed by atoms with Crippen LogP contribution in [-0.4, -0.2) is 31.1 Å². The first-order chi connectivity index (χ1) is 9.06. The molecule has 0 spiro atoms. The van der Waals surface area contributed by atoms with Crippen molar-refractivity contribution in [2.75, 3.05) is 13.1 Å². The zero-order chi connectivity index (χ0) is 13.8. The Morgan fingerprint density at radius 3 is 3.00 bits per heavy atom. The third-order valence-electron chi connectivity index (χ3n) is 3.22. The molecule has 104 valence electrons. The fourth-order valence-electron chi connectivity index (χ4n) is 2.04. The number of benzene rings is 1. The van der Waals surface area contributed by atoms with Crippen molar-refractivity contribution < 1.29 is 9.53 Å². The number of hydrogen-bond acceptors (Lipinski definition) is 3. The SMILES string of the molecule is Cc1cc(OC(C)C(=O)NC2CCNC2)ccc1Cl. The summed E-state index contributed by atoms with van der Waals surface area (Å²) in [6.07, 6.45) is 0.458. The van der Waals surface area contributed by atoms with Crippen molar-refractivity contribution in [3.8, 4) is 5.75 Å². The maximum atomic E-state index is 12.0. The monoisotopic (exact) mass is 282 g/mol. The molecule has 19 heavy (non-hydrogen) atoms. The van der Waals surface area contributed by atoms with E-state index in [9.17, 15) is 4.79 Å². The van der Waals surface area contributed by atoms with Crippen LogP contribution in [0.1, 0.15) is 18.9 Å². The predicted molar refractivity (Wildman–Crippen MR) is 75.7 cm³/mol. The maximum absolute atomic E-state index is 12.0. The van der Waals surface area contributed by atoms with Gasteiger partial charge in [0, 0.05) is 17.6 Å². The van der Waals surface area contributed by atoms with Crippen molar-refractivity contribution in [1.29, 1.82) is 0 Å². The van der Waals surface area contributed by atoms with Crippen LogP contribution >= 0.6 is 11.6 Å². The first-order valence-corrected chi connectivity index (χ1v) is 6.88. The number of amides is 1. The Bertz CT molecular complexity index is 459. The van der Waals surface area contributed by atoms with Gasteiger partial charge >= 0.3 is 0 Å². The fourth-order valence-corrected chi connectivity index (χ4v) is 2.16. The third-order valence-corrected chi connectivity index (χ3v) is 3.64. The van der Waals surface area contributed by atoms with Gasteiger partial charge in [0.15, 0.2) is 6.10 Å². The number of rotatable bonds is 4. The van der Waals surface area contributed by atoms with Crippen molar-refractivity contribution in [1.82, 2.24) is 10.6 Å². The van der Waals surface area contributed by atoms with Crippen LogP contribution in [0.3, 0.4) is 0 Å². The molecule has 0 radical (unpaired) electrons. The molecular formula is C14H19ClN2O2. The summed E-state index contributed by atoms with van der Waals surface area (Å²) >= 11 is 5.95. The molecular weight excluding hydrogens is 264 g/mol. The van der Waals surface area contributed by atoms with Crippen molar-refractivity contribution in [3.05, 3.63) is 28.8 Å². The van der Waals surface area contributed by atoms with Gasteiger partial charge in [0.2, 0.25) is 0 Å². The molecule has 1 aromatic rings. The number of hydrogen-bond donors (Lipinski definition) is 2. The van der Waals surface area contributed by atoms with E-state index in [0.717, 1.165) is 25.1 Å². The minimum absolute atomic E-state index is 0.0821. The lowest BCUT2D eigenvalue weighted by molar-refractivity contribution is -0.127. The highest BCUT2D eigenvalue weighted by Gasteiger charge is 2.21. The van der Waals surface area contributed by atoms with Crippen molar-refractivity contribution >= 4 is 17.5 Å². The van der Waals surface area contributed by atoms with Gasteiger partial charge in [0.25, 0.3) is 5.91 Å². The zero-order valence-electron chi connectivity index (χ0n) is 11.2. The summed E-state index contributed by atoms with van der Waals surface area (Å²) in [5.41, 5.74) is 0.937. The van der Waals surface area contributed by atoms with Gasteiger partial charge in [0.05, 0.1) is 0 Å². The van der Waals surface area contributed by atoms with E-state index in [2.05, 4.69) is 10.6 Å². The number of nitrogens with one attached hydrogen (secondary N) is 2. The largest absolute Gasteiger partial charge is 0.481 e. The van der Waals surface area contributed by atoms with Crippen LogP contribution in [0.25, 0.3) is 0 Å². The van der Waals surface area contributed by atoms with Gasteiger partial charge in [0.1, 0.15) is 5.75 Å². The molecule has 1 fully saturated rings. The van der Waals surface area contributed by atoms with Crippen LogP contribution in [0.4, 0.5) is 0 Å². The lowest BCUT2D eigenvalue weighted by atomic mass is 10.2. The standard InChI is InChI=1S/C14H19ClN2O2/c1-9-7-12(3-4-13(9)15)19-10(2)14(18)17-11-5-6-16-8-11/h3-4,7,10-11,16H,5-6,8H2,1-2H3,(H,17,18). The summed E-state index contributed by atoms with van der Waals surface area (Å²) < 4.78 is 5.63. The Balaban J connectivity index is 1.90. The van der Waals surface area contributed by atoms with E-state index in [-0.39, 0.29) is 11.9 Å². The number of carbonyl (C=O) groups is 1. The van der Waals surface area contributed by atoms with Crippen LogP contribution in [0, 0.1) is 6.92 Å². The highest BCUT2D eigenvalue weighted by atomic mass is 35.5. The molecule has 1 heterocycles. The van der Waals surface area contributed by atoms with E-state index >= 15 is 0 Å². The van der Waals surface area contributed by atoms with Crippen LogP contribution < -0.4 is 15.4 Å². The molecule has 1 amide bonds. The first kappa shape index (κ1) is 14.2. The highest BCUT2D eigenvalue weighted by Crippen LogP contribution is 2.21. The maximum Gasteiger partial charge on any atom is 0.261 e. The van der Waals surface area contributed by atoms with Gasteiger partial charge in [-0.1, -0.05) is 11.6 Å².